The summed E-state index contributed by atoms with van der Waals surface area (Å²) >= 11 is 0. The molecule has 0 amide bonds. The Kier molecular flexibility index (Phi) is 9.49. The predicted molar refractivity (Wildman–Crippen MR) is 136 cm³/mol. The second-order valence-electron chi connectivity index (χ2n) is 8.47. The first kappa shape index (κ1) is 26.9. The lowest BCUT2D eigenvalue weighted by Gasteiger charge is -2.25. The molecule has 1 atom stereocenters. The van der Waals surface area contributed by atoms with Crippen molar-refractivity contribution in [3.05, 3.63) is 71.1 Å². The second kappa shape index (κ2) is 12.3. The van der Waals surface area contributed by atoms with Crippen molar-refractivity contribution in [1.82, 2.24) is 20.1 Å². The van der Waals surface area contributed by atoms with Crippen molar-refractivity contribution in [1.29, 1.82) is 0 Å². The lowest BCUT2D eigenvalue weighted by molar-refractivity contribution is 0.0978. The Hall–Kier alpha value is -2.67. The summed E-state index contributed by atoms with van der Waals surface area (Å²) in [5.74, 6) is 0.169. The van der Waals surface area contributed by atoms with Crippen LogP contribution < -0.4 is 10.2 Å². The third kappa shape index (κ3) is 6.94. The van der Waals surface area contributed by atoms with Crippen molar-refractivity contribution in [3.8, 4) is 11.5 Å². The second-order valence-corrected chi connectivity index (χ2v) is 10.9. The lowest BCUT2D eigenvalue weighted by atomic mass is 9.95. The fourth-order valence-corrected chi connectivity index (χ4v) is 6.61. The molecular formula is C26H34FN4O3P. The maximum atomic E-state index is 15.0. The number of carbonyl (C=O) groups excluding carboxylic acids is 1. The normalized spacial score (nSPS) is 12.6. The van der Waals surface area contributed by atoms with Gasteiger partial charge in [-0.2, -0.15) is 0 Å². The molecule has 0 aliphatic heterocycles. The Morgan fingerprint density at radius 1 is 1.11 bits per heavy atom. The third-order valence-corrected chi connectivity index (χ3v) is 8.58. The molecule has 188 valence electrons. The molecule has 0 fully saturated rings. The number of nitrogens with one attached hydrogen (secondary N) is 2. The molecule has 35 heavy (non-hydrogen) atoms. The molecule has 1 unspecified atom stereocenters. The molecule has 3 rings (SSSR count). The molecule has 2 N–H and O–H groups in total. The highest BCUT2D eigenvalue weighted by Gasteiger charge is 2.26. The molecule has 0 saturated carbocycles. The molecule has 9 heteroatoms. The predicted octanol–water partition coefficient (Wildman–Crippen LogP) is 5.91. The number of halogens is 1. The molecular weight excluding hydrogens is 466 g/mol. The van der Waals surface area contributed by atoms with E-state index in [2.05, 4.69) is 20.1 Å². The Morgan fingerprint density at radius 2 is 1.80 bits per heavy atom. The van der Waals surface area contributed by atoms with E-state index in [9.17, 15) is 13.8 Å². The zero-order valence-corrected chi connectivity index (χ0v) is 21.7. The van der Waals surface area contributed by atoms with E-state index in [0.29, 0.717) is 49.4 Å². The summed E-state index contributed by atoms with van der Waals surface area (Å²) in [5, 5.41) is 6.14. The highest BCUT2D eigenvalue weighted by Crippen LogP contribution is 2.42. The number of nitrogens with zero attached hydrogens (tertiary/aromatic N) is 2. The van der Waals surface area contributed by atoms with Crippen LogP contribution in [0.2, 0.25) is 0 Å². The van der Waals surface area contributed by atoms with Crippen LogP contribution in [0, 0.1) is 12.7 Å². The van der Waals surface area contributed by atoms with Crippen molar-refractivity contribution in [2.75, 3.05) is 19.3 Å². The molecule has 7 nitrogen and oxygen atoms in total. The maximum absolute atomic E-state index is 15.0. The van der Waals surface area contributed by atoms with Gasteiger partial charge in [0, 0.05) is 37.0 Å². The van der Waals surface area contributed by atoms with E-state index in [-0.39, 0.29) is 23.7 Å². The lowest BCUT2D eigenvalue weighted by Crippen LogP contribution is -2.26. The average molecular weight is 501 g/mol. The zero-order valence-electron chi connectivity index (χ0n) is 20.8. The van der Waals surface area contributed by atoms with Crippen molar-refractivity contribution in [2.45, 2.75) is 52.9 Å². The minimum Gasteiger partial charge on any atom is -0.441 e. The Labute approximate surface area is 206 Å². The fraction of sp³-hybridized carbons (Fsp3) is 0.423. The molecule has 3 aromatic rings. The molecule has 2 heterocycles. The van der Waals surface area contributed by atoms with Crippen LogP contribution in [0.25, 0.3) is 11.5 Å². The van der Waals surface area contributed by atoms with Gasteiger partial charge in [-0.15, -0.1) is 0 Å². The number of hydrogen-bond donors (Lipinski definition) is 2. The van der Waals surface area contributed by atoms with Crippen LogP contribution in [-0.2, 0) is 11.0 Å². The van der Waals surface area contributed by atoms with Crippen molar-refractivity contribution < 1.29 is 18.2 Å². The molecule has 0 aliphatic rings. The minimum atomic E-state index is -2.78. The number of Topliss-reactive ketones (excluding diaryl/α,β-unsaturated/α-hetero) is 1. The van der Waals surface area contributed by atoms with Crippen LogP contribution in [0.4, 0.5) is 4.39 Å². The molecule has 0 saturated heterocycles. The summed E-state index contributed by atoms with van der Waals surface area (Å²) in [6.07, 6.45) is 4.88. The van der Waals surface area contributed by atoms with Gasteiger partial charge >= 0.3 is 0 Å². The summed E-state index contributed by atoms with van der Waals surface area (Å²) in [6, 6.07) is 8.33. The van der Waals surface area contributed by atoms with Gasteiger partial charge < -0.3 is 4.42 Å². The Balaban J connectivity index is 1.69. The standard InChI is InChI=1S/C26H34FN4O3P/c1-5-19(17-35(33,29-6-2)30-7-3)21-8-9-22(23(27)16-21)25(32)11-10-24-18(4)34-26(31-24)20-12-14-28-15-13-20/h8-9,12-16,19H,5-7,10-11,17H2,1-4H3,(H2,29,30,33). The van der Waals surface area contributed by atoms with Crippen molar-refractivity contribution >= 4 is 13.2 Å². The first-order chi connectivity index (χ1) is 16.8. The number of ketones is 1. The summed E-state index contributed by atoms with van der Waals surface area (Å²) in [7, 11) is -2.78. The highest BCUT2D eigenvalue weighted by atomic mass is 31.2. The fourth-order valence-electron chi connectivity index (χ4n) is 4.13. The van der Waals surface area contributed by atoms with Gasteiger partial charge in [-0.3, -0.25) is 24.5 Å². The van der Waals surface area contributed by atoms with Gasteiger partial charge in [-0.25, -0.2) is 9.37 Å². The van der Waals surface area contributed by atoms with E-state index < -0.39 is 13.3 Å². The molecule has 0 bridgehead atoms. The first-order valence-corrected chi connectivity index (χ1v) is 14.0. The topological polar surface area (TPSA) is 97.1 Å². The van der Waals surface area contributed by atoms with Crippen LogP contribution in [0.15, 0.2) is 47.1 Å². The molecule has 0 aliphatic carbocycles. The number of hydrogen-bond acceptors (Lipinski definition) is 5. The van der Waals surface area contributed by atoms with Crippen LogP contribution in [0.1, 0.15) is 66.9 Å². The van der Waals surface area contributed by atoms with E-state index in [1.807, 2.05) is 20.8 Å². The molecule has 0 spiro atoms. The SMILES string of the molecule is CCNP(=O)(CC(CC)c1ccc(C(=O)CCc2nc(-c3ccncc3)oc2C)c(F)c1)NCC. The zero-order chi connectivity index (χ0) is 25.4. The third-order valence-electron chi connectivity index (χ3n) is 5.97. The summed E-state index contributed by atoms with van der Waals surface area (Å²) in [4.78, 5) is 21.3. The first-order valence-electron chi connectivity index (χ1n) is 12.1. The van der Waals surface area contributed by atoms with E-state index in [1.54, 1.807) is 43.6 Å². The van der Waals surface area contributed by atoms with E-state index in [1.165, 1.54) is 6.07 Å². The Bertz CT molecular complexity index is 1170. The number of pyridine rings is 1. The summed E-state index contributed by atoms with van der Waals surface area (Å²) < 4.78 is 33.9. The largest absolute Gasteiger partial charge is 0.441 e. The van der Waals surface area contributed by atoms with Crippen molar-refractivity contribution in [3.63, 3.8) is 0 Å². The van der Waals surface area contributed by atoms with E-state index >= 15 is 0 Å². The van der Waals surface area contributed by atoms with E-state index in [4.69, 9.17) is 4.42 Å². The smallest absolute Gasteiger partial charge is 0.226 e. The Morgan fingerprint density at radius 3 is 2.40 bits per heavy atom. The highest BCUT2D eigenvalue weighted by molar-refractivity contribution is 7.59. The van der Waals surface area contributed by atoms with E-state index in [0.717, 1.165) is 11.1 Å². The van der Waals surface area contributed by atoms with Gasteiger partial charge in [0.25, 0.3) is 0 Å². The van der Waals surface area contributed by atoms with Crippen LogP contribution >= 0.6 is 7.44 Å². The minimum absolute atomic E-state index is 0.0562. The summed E-state index contributed by atoms with van der Waals surface area (Å²) in [5.41, 5.74) is 2.28. The number of aryl methyl sites for hydroxylation is 2. The van der Waals surface area contributed by atoms with Gasteiger partial charge in [0.05, 0.1) is 11.3 Å². The number of carbonyl (C=O) groups is 1. The van der Waals surface area contributed by atoms with Crippen LogP contribution in [-0.4, -0.2) is 35.0 Å². The monoisotopic (exact) mass is 500 g/mol. The van der Waals surface area contributed by atoms with Gasteiger partial charge in [0.15, 0.2) is 5.78 Å². The average Bonchev–Trinajstić information content (AvgIpc) is 3.22. The number of rotatable bonds is 13. The van der Waals surface area contributed by atoms with Crippen molar-refractivity contribution in [2.24, 2.45) is 0 Å². The number of aromatic nitrogens is 2. The molecule has 0 radical (unpaired) electrons. The van der Waals surface area contributed by atoms with Gasteiger partial charge in [-0.05, 0) is 62.2 Å². The van der Waals surface area contributed by atoms with Crippen LogP contribution in [0.5, 0.6) is 0 Å². The maximum Gasteiger partial charge on any atom is 0.226 e. The number of oxazole rings is 1. The van der Waals surface area contributed by atoms with Gasteiger partial charge in [0.1, 0.15) is 11.6 Å². The molecule has 2 aromatic heterocycles. The molecule has 1 aromatic carbocycles. The van der Waals surface area contributed by atoms with Gasteiger partial charge in [-0.1, -0.05) is 26.8 Å². The summed E-state index contributed by atoms with van der Waals surface area (Å²) in [6.45, 7) is 8.77. The van der Waals surface area contributed by atoms with Crippen LogP contribution in [0.3, 0.4) is 0 Å². The quantitative estimate of drug-likeness (QED) is 0.223. The number of benzene rings is 1. The van der Waals surface area contributed by atoms with Gasteiger partial charge in [0.2, 0.25) is 13.3 Å².